The van der Waals surface area contributed by atoms with Gasteiger partial charge in [-0.2, -0.15) is 0 Å². The van der Waals surface area contributed by atoms with E-state index in [2.05, 4.69) is 9.97 Å². The molecule has 0 spiro atoms. The van der Waals surface area contributed by atoms with Crippen molar-refractivity contribution in [3.05, 3.63) is 57.0 Å². The standard InChI is InChI=1S/C20H21N3O4S/c1-5-23(14-9-7-6-8-10-14)19(25)12(3)27-20(26)16-11(2)15-17(24)21-13(4)22-18(15)28-16/h6-10,12H,5H2,1-4H3,(H,21,22,24)/t12-/m0/s1. The molecule has 0 aliphatic heterocycles. The van der Waals surface area contributed by atoms with Crippen molar-refractivity contribution in [1.29, 1.82) is 0 Å². The van der Waals surface area contributed by atoms with E-state index in [-0.39, 0.29) is 16.3 Å². The number of esters is 1. The molecule has 0 radical (unpaired) electrons. The number of ether oxygens (including phenoxy) is 1. The monoisotopic (exact) mass is 399 g/mol. The summed E-state index contributed by atoms with van der Waals surface area (Å²) < 4.78 is 5.42. The van der Waals surface area contributed by atoms with Gasteiger partial charge < -0.3 is 14.6 Å². The minimum absolute atomic E-state index is 0.279. The number of amides is 1. The van der Waals surface area contributed by atoms with Gasteiger partial charge in [-0.25, -0.2) is 9.78 Å². The van der Waals surface area contributed by atoms with Gasteiger partial charge >= 0.3 is 5.97 Å². The van der Waals surface area contributed by atoms with Gasteiger partial charge in [-0.1, -0.05) is 18.2 Å². The number of H-pyrrole nitrogens is 1. The SMILES string of the molecule is CCN(C(=O)[C@H](C)OC(=O)c1sc2nc(C)[nH]c(=O)c2c1C)c1ccccc1. The van der Waals surface area contributed by atoms with E-state index in [0.29, 0.717) is 28.1 Å². The van der Waals surface area contributed by atoms with E-state index in [0.717, 1.165) is 17.0 Å². The number of thiophene rings is 1. The maximum absolute atomic E-state index is 12.8. The molecule has 2 aromatic heterocycles. The zero-order valence-electron chi connectivity index (χ0n) is 16.1. The van der Waals surface area contributed by atoms with Crippen LogP contribution in [0.25, 0.3) is 10.2 Å². The Labute approximate surface area is 166 Å². The van der Waals surface area contributed by atoms with E-state index in [1.807, 2.05) is 37.3 Å². The van der Waals surface area contributed by atoms with Gasteiger partial charge in [0.15, 0.2) is 6.10 Å². The van der Waals surface area contributed by atoms with Crippen molar-refractivity contribution < 1.29 is 14.3 Å². The van der Waals surface area contributed by atoms with Gasteiger partial charge in [-0.3, -0.25) is 9.59 Å². The number of carbonyl (C=O) groups excluding carboxylic acids is 2. The summed E-state index contributed by atoms with van der Waals surface area (Å²) in [5.74, 6) is -0.473. The zero-order chi connectivity index (χ0) is 20.4. The van der Waals surface area contributed by atoms with Crippen molar-refractivity contribution in [2.45, 2.75) is 33.8 Å². The van der Waals surface area contributed by atoms with Crippen molar-refractivity contribution in [1.82, 2.24) is 9.97 Å². The first kappa shape index (κ1) is 19.8. The summed E-state index contributed by atoms with van der Waals surface area (Å²) in [5.41, 5.74) is 0.955. The second-order valence-electron chi connectivity index (χ2n) is 6.35. The van der Waals surface area contributed by atoms with Crippen molar-refractivity contribution in [3.63, 3.8) is 0 Å². The highest BCUT2D eigenvalue weighted by molar-refractivity contribution is 7.20. The maximum atomic E-state index is 12.8. The lowest BCUT2D eigenvalue weighted by molar-refractivity contribution is -0.126. The molecule has 7 nitrogen and oxygen atoms in total. The van der Waals surface area contributed by atoms with Crippen LogP contribution in [0, 0.1) is 13.8 Å². The Hall–Kier alpha value is -3.00. The van der Waals surface area contributed by atoms with Gasteiger partial charge in [-0.15, -0.1) is 11.3 Å². The highest BCUT2D eigenvalue weighted by atomic mass is 32.1. The van der Waals surface area contributed by atoms with Crippen LogP contribution in [0.5, 0.6) is 0 Å². The number of rotatable bonds is 5. The number of nitrogens with zero attached hydrogens (tertiary/aromatic N) is 2. The normalized spacial score (nSPS) is 12.0. The topological polar surface area (TPSA) is 92.4 Å². The van der Waals surface area contributed by atoms with Crippen LogP contribution in [0.3, 0.4) is 0 Å². The number of anilines is 1. The fourth-order valence-corrected chi connectivity index (χ4v) is 4.11. The molecule has 2 heterocycles. The lowest BCUT2D eigenvalue weighted by Crippen LogP contribution is -2.40. The number of fused-ring (bicyclic) bond motifs is 1. The lowest BCUT2D eigenvalue weighted by atomic mass is 10.2. The molecule has 0 saturated carbocycles. The average Bonchev–Trinajstić information content (AvgIpc) is 2.99. The molecular weight excluding hydrogens is 378 g/mol. The van der Waals surface area contributed by atoms with Gasteiger partial charge in [0.05, 0.1) is 5.39 Å². The van der Waals surface area contributed by atoms with Crippen molar-refractivity contribution >= 4 is 39.1 Å². The number of benzene rings is 1. The first-order valence-electron chi connectivity index (χ1n) is 8.90. The van der Waals surface area contributed by atoms with Crippen LogP contribution in [0.4, 0.5) is 5.69 Å². The molecule has 28 heavy (non-hydrogen) atoms. The van der Waals surface area contributed by atoms with Crippen molar-refractivity contribution in [2.24, 2.45) is 0 Å². The van der Waals surface area contributed by atoms with E-state index in [4.69, 9.17) is 4.74 Å². The molecule has 1 amide bonds. The number of hydrogen-bond donors (Lipinski definition) is 1. The van der Waals surface area contributed by atoms with Gasteiger partial charge in [0.25, 0.3) is 11.5 Å². The van der Waals surface area contributed by atoms with Crippen molar-refractivity contribution in [3.8, 4) is 0 Å². The van der Waals surface area contributed by atoms with Gasteiger partial charge in [0, 0.05) is 12.2 Å². The molecule has 1 N–H and O–H groups in total. The lowest BCUT2D eigenvalue weighted by Gasteiger charge is -2.24. The molecule has 0 bridgehead atoms. The molecular formula is C20H21N3O4S. The number of aryl methyl sites for hydroxylation is 2. The summed E-state index contributed by atoms with van der Waals surface area (Å²) in [7, 11) is 0. The molecule has 8 heteroatoms. The summed E-state index contributed by atoms with van der Waals surface area (Å²) in [6, 6.07) is 9.20. The molecule has 3 rings (SSSR count). The first-order valence-corrected chi connectivity index (χ1v) is 9.72. The van der Waals surface area contributed by atoms with Crippen LogP contribution in [0.15, 0.2) is 35.1 Å². The van der Waals surface area contributed by atoms with E-state index >= 15 is 0 Å². The summed E-state index contributed by atoms with van der Waals surface area (Å²) in [5, 5.41) is 0.376. The number of aromatic amines is 1. The van der Waals surface area contributed by atoms with Crippen LogP contribution < -0.4 is 10.5 Å². The number of para-hydroxylation sites is 1. The Bertz CT molecular complexity index is 1090. The largest absolute Gasteiger partial charge is 0.448 e. The number of aromatic nitrogens is 2. The van der Waals surface area contributed by atoms with Crippen LogP contribution in [-0.2, 0) is 9.53 Å². The molecule has 0 unspecified atom stereocenters. The third kappa shape index (κ3) is 3.68. The average molecular weight is 399 g/mol. The van der Waals surface area contributed by atoms with E-state index in [9.17, 15) is 14.4 Å². The fourth-order valence-electron chi connectivity index (χ4n) is 3.00. The molecule has 0 saturated heterocycles. The Morgan fingerprint density at radius 3 is 2.57 bits per heavy atom. The predicted molar refractivity (Wildman–Crippen MR) is 109 cm³/mol. The van der Waals surface area contributed by atoms with E-state index in [1.165, 1.54) is 0 Å². The van der Waals surface area contributed by atoms with Crippen LogP contribution in [0.2, 0.25) is 0 Å². The third-order valence-electron chi connectivity index (χ3n) is 4.39. The Balaban J connectivity index is 1.83. The van der Waals surface area contributed by atoms with Crippen LogP contribution in [0.1, 0.15) is 34.9 Å². The second-order valence-corrected chi connectivity index (χ2v) is 7.35. The minimum Gasteiger partial charge on any atom is -0.448 e. The Kier molecular flexibility index (Phi) is 5.60. The molecule has 0 aliphatic rings. The minimum atomic E-state index is -0.967. The van der Waals surface area contributed by atoms with E-state index in [1.54, 1.807) is 25.7 Å². The van der Waals surface area contributed by atoms with Crippen LogP contribution >= 0.6 is 11.3 Å². The summed E-state index contributed by atoms with van der Waals surface area (Å²) in [6.45, 7) is 7.21. The van der Waals surface area contributed by atoms with Gasteiger partial charge in [-0.05, 0) is 45.4 Å². The third-order valence-corrected chi connectivity index (χ3v) is 5.55. The maximum Gasteiger partial charge on any atom is 0.349 e. The molecule has 0 fully saturated rings. The van der Waals surface area contributed by atoms with Gasteiger partial charge in [0.1, 0.15) is 15.5 Å². The second kappa shape index (κ2) is 7.93. The van der Waals surface area contributed by atoms with Crippen LogP contribution in [-0.4, -0.2) is 34.5 Å². The quantitative estimate of drug-likeness (QED) is 0.665. The van der Waals surface area contributed by atoms with Crippen molar-refractivity contribution in [2.75, 3.05) is 11.4 Å². The predicted octanol–water partition coefficient (Wildman–Crippen LogP) is 3.20. The number of nitrogens with one attached hydrogen (secondary N) is 1. The highest BCUT2D eigenvalue weighted by Crippen LogP contribution is 2.28. The molecule has 1 atom stereocenters. The zero-order valence-corrected chi connectivity index (χ0v) is 16.9. The molecule has 146 valence electrons. The summed E-state index contributed by atoms with van der Waals surface area (Å²) >= 11 is 1.09. The fraction of sp³-hybridized carbons (Fsp3) is 0.300. The molecule has 0 aliphatic carbocycles. The number of hydrogen-bond acceptors (Lipinski definition) is 6. The Morgan fingerprint density at radius 2 is 1.93 bits per heavy atom. The number of carbonyl (C=O) groups is 2. The number of likely N-dealkylation sites (N-methyl/N-ethyl adjacent to an activating group) is 1. The smallest absolute Gasteiger partial charge is 0.349 e. The van der Waals surface area contributed by atoms with E-state index < -0.39 is 12.1 Å². The Morgan fingerprint density at radius 1 is 1.25 bits per heavy atom. The molecule has 1 aromatic carbocycles. The van der Waals surface area contributed by atoms with Gasteiger partial charge in [0.2, 0.25) is 0 Å². The molecule has 3 aromatic rings. The summed E-state index contributed by atoms with van der Waals surface area (Å²) in [6.07, 6.45) is -0.967. The summed E-state index contributed by atoms with van der Waals surface area (Å²) in [4.78, 5) is 46.8. The first-order chi connectivity index (χ1) is 13.3. The highest BCUT2D eigenvalue weighted by Gasteiger charge is 2.27.